The van der Waals surface area contributed by atoms with Gasteiger partial charge in [-0.05, 0) is 78.8 Å². The molecular weight excluding hydrogens is 615 g/mol. The zero-order valence-electron chi connectivity index (χ0n) is 23.9. The lowest BCUT2D eigenvalue weighted by Gasteiger charge is -2.17. The summed E-state index contributed by atoms with van der Waals surface area (Å²) in [4.78, 5) is 49.4. The molecule has 0 fully saturated rings. The Bertz CT molecular complexity index is 1800. The van der Waals surface area contributed by atoms with E-state index in [1.165, 1.54) is 24.3 Å². The van der Waals surface area contributed by atoms with Gasteiger partial charge in [0.2, 0.25) is 0 Å². The molecule has 3 aromatic rings. The van der Waals surface area contributed by atoms with Crippen LogP contribution in [0.2, 0.25) is 0 Å². The van der Waals surface area contributed by atoms with Crippen molar-refractivity contribution < 1.29 is 50.6 Å². The number of carbonyl (C=O) groups excluding carboxylic acids is 3. The third-order valence-electron chi connectivity index (χ3n) is 7.07. The van der Waals surface area contributed by atoms with E-state index >= 15 is 0 Å². The number of fused-ring (bicyclic) bond motifs is 1. The molecule has 0 saturated carbocycles. The summed E-state index contributed by atoms with van der Waals surface area (Å²) in [6.07, 6.45) is -0.182. The van der Waals surface area contributed by atoms with Crippen molar-refractivity contribution in [3.8, 4) is 5.75 Å². The highest BCUT2D eigenvalue weighted by molar-refractivity contribution is 7.90. The lowest BCUT2D eigenvalue weighted by atomic mass is 9.87. The topological polar surface area (TPSA) is 144 Å². The highest BCUT2D eigenvalue weighted by Crippen LogP contribution is 2.32. The molecule has 13 heteroatoms. The van der Waals surface area contributed by atoms with Gasteiger partial charge < -0.3 is 15.2 Å². The SMILES string of the molecule is CS(=O)(=O)c1cc(C(=O)C=C(C(=O)c2ccc(C(=O)NCCC(=O)O)cc2)c2ccc3c(c2)CCCC3)ccc1OC(F)(F)F. The first-order valence-electron chi connectivity index (χ1n) is 13.8. The van der Waals surface area contributed by atoms with Crippen molar-refractivity contribution in [2.45, 2.75) is 43.4 Å². The largest absolute Gasteiger partial charge is 0.573 e. The minimum Gasteiger partial charge on any atom is -0.481 e. The van der Waals surface area contributed by atoms with Gasteiger partial charge in [0, 0.05) is 35.1 Å². The fourth-order valence-electron chi connectivity index (χ4n) is 4.87. The number of rotatable bonds is 11. The van der Waals surface area contributed by atoms with Crippen LogP contribution >= 0.6 is 0 Å². The number of hydrogen-bond acceptors (Lipinski definition) is 7. The monoisotopic (exact) mass is 643 g/mol. The fraction of sp³-hybridized carbons (Fsp3) is 0.250. The van der Waals surface area contributed by atoms with Gasteiger partial charge in [0.15, 0.2) is 21.4 Å². The molecule has 45 heavy (non-hydrogen) atoms. The Kier molecular flexibility index (Phi) is 9.91. The molecule has 1 aliphatic carbocycles. The molecule has 0 spiro atoms. The zero-order chi connectivity index (χ0) is 32.9. The first-order valence-corrected chi connectivity index (χ1v) is 15.6. The van der Waals surface area contributed by atoms with Gasteiger partial charge in [-0.15, -0.1) is 13.2 Å². The number of alkyl halides is 3. The van der Waals surface area contributed by atoms with E-state index in [9.17, 15) is 40.8 Å². The number of nitrogens with one attached hydrogen (secondary N) is 1. The van der Waals surface area contributed by atoms with Gasteiger partial charge in [-0.1, -0.05) is 30.3 Å². The minimum absolute atomic E-state index is 0.0523. The number of carboxylic acid groups (broad SMARTS) is 1. The average Bonchev–Trinajstić information content (AvgIpc) is 2.98. The number of halogens is 3. The smallest absolute Gasteiger partial charge is 0.481 e. The number of benzene rings is 3. The minimum atomic E-state index is -5.17. The lowest BCUT2D eigenvalue weighted by molar-refractivity contribution is -0.275. The van der Waals surface area contributed by atoms with Crippen molar-refractivity contribution in [1.82, 2.24) is 5.32 Å². The second-order valence-electron chi connectivity index (χ2n) is 10.4. The lowest BCUT2D eigenvalue weighted by Crippen LogP contribution is -2.26. The molecular formula is C32H28F3NO8S. The van der Waals surface area contributed by atoms with Gasteiger partial charge >= 0.3 is 12.3 Å². The Labute approximate surface area is 256 Å². The summed E-state index contributed by atoms with van der Waals surface area (Å²) < 4.78 is 67.0. The van der Waals surface area contributed by atoms with Crippen LogP contribution in [-0.4, -0.2) is 56.1 Å². The molecule has 1 amide bonds. The van der Waals surface area contributed by atoms with E-state index in [0.29, 0.717) is 11.8 Å². The van der Waals surface area contributed by atoms with Gasteiger partial charge in [0.25, 0.3) is 5.91 Å². The first kappa shape index (κ1) is 33.1. The zero-order valence-corrected chi connectivity index (χ0v) is 24.8. The summed E-state index contributed by atoms with van der Waals surface area (Å²) in [5.74, 6) is -4.06. The summed E-state index contributed by atoms with van der Waals surface area (Å²) in [6.45, 7) is -0.0907. The van der Waals surface area contributed by atoms with E-state index in [1.807, 2.05) is 6.07 Å². The number of ether oxygens (including phenoxy) is 1. The van der Waals surface area contributed by atoms with Crippen LogP contribution in [0.5, 0.6) is 5.75 Å². The van der Waals surface area contributed by atoms with Crippen LogP contribution < -0.4 is 10.1 Å². The van der Waals surface area contributed by atoms with Crippen molar-refractivity contribution in [2.24, 2.45) is 0 Å². The maximum absolute atomic E-state index is 13.8. The standard InChI is InChI=1S/C32H28F3NO8S/c1-45(42,43)28-17-24(12-13-27(28)44-32(33,34)35)26(37)18-25(23-11-6-19-4-2-3-5-22(19)16-23)30(40)20-7-9-21(10-8-20)31(41)36-15-14-29(38)39/h6-13,16-18H,2-5,14-15H2,1H3,(H,36,41)(H,38,39). The predicted molar refractivity (Wildman–Crippen MR) is 157 cm³/mol. The highest BCUT2D eigenvalue weighted by atomic mass is 32.2. The van der Waals surface area contributed by atoms with Crippen molar-refractivity contribution >= 4 is 38.9 Å². The molecule has 2 N–H and O–H groups in total. The van der Waals surface area contributed by atoms with Crippen molar-refractivity contribution in [2.75, 3.05) is 12.8 Å². The van der Waals surface area contributed by atoms with E-state index < -0.39 is 50.3 Å². The molecule has 3 aromatic carbocycles. The van der Waals surface area contributed by atoms with E-state index in [4.69, 9.17) is 5.11 Å². The molecule has 236 valence electrons. The van der Waals surface area contributed by atoms with Crippen LogP contribution in [0.25, 0.3) is 5.57 Å². The highest BCUT2D eigenvalue weighted by Gasteiger charge is 2.34. The van der Waals surface area contributed by atoms with Crippen LogP contribution in [0, 0.1) is 0 Å². The number of carboxylic acids is 1. The predicted octanol–water partition coefficient (Wildman–Crippen LogP) is 5.22. The molecule has 9 nitrogen and oxygen atoms in total. The number of aryl methyl sites for hydroxylation is 2. The van der Waals surface area contributed by atoms with Crippen LogP contribution in [0.15, 0.2) is 71.6 Å². The molecule has 0 heterocycles. The van der Waals surface area contributed by atoms with Crippen molar-refractivity contribution in [1.29, 1.82) is 0 Å². The average molecular weight is 644 g/mol. The normalized spacial score (nSPS) is 13.5. The van der Waals surface area contributed by atoms with Crippen LogP contribution in [0.3, 0.4) is 0 Å². The van der Waals surface area contributed by atoms with E-state index in [2.05, 4.69) is 10.1 Å². The second kappa shape index (κ2) is 13.5. The van der Waals surface area contributed by atoms with Crippen LogP contribution in [0.1, 0.15) is 67.0 Å². The molecule has 0 saturated heterocycles. The summed E-state index contributed by atoms with van der Waals surface area (Å²) in [6, 6.07) is 13.3. The third kappa shape index (κ3) is 8.66. The van der Waals surface area contributed by atoms with Gasteiger partial charge in [-0.25, -0.2) is 8.42 Å². The molecule has 0 aliphatic heterocycles. The van der Waals surface area contributed by atoms with E-state index in [1.54, 1.807) is 12.1 Å². The Morgan fingerprint density at radius 1 is 0.867 bits per heavy atom. The number of Topliss-reactive ketones (excluding diaryl/α,β-unsaturated/α-hetero) is 1. The summed E-state index contributed by atoms with van der Waals surface area (Å²) >= 11 is 0. The van der Waals surface area contributed by atoms with Crippen LogP contribution in [0.4, 0.5) is 13.2 Å². The van der Waals surface area contributed by atoms with Gasteiger partial charge in [-0.2, -0.15) is 0 Å². The number of sulfone groups is 1. The van der Waals surface area contributed by atoms with Gasteiger partial charge in [-0.3, -0.25) is 19.2 Å². The molecule has 0 atom stereocenters. The maximum atomic E-state index is 13.8. The summed E-state index contributed by atoms with van der Waals surface area (Å²) in [5.41, 5.74) is 2.46. The fourth-order valence-corrected chi connectivity index (χ4v) is 5.69. The molecule has 4 rings (SSSR count). The van der Waals surface area contributed by atoms with E-state index in [-0.39, 0.29) is 35.2 Å². The first-order chi connectivity index (χ1) is 21.1. The number of hydrogen-bond donors (Lipinski definition) is 2. The quantitative estimate of drug-likeness (QED) is 0.214. The molecule has 0 bridgehead atoms. The van der Waals surface area contributed by atoms with Crippen molar-refractivity contribution in [3.63, 3.8) is 0 Å². The molecule has 0 aromatic heterocycles. The summed E-state index contributed by atoms with van der Waals surface area (Å²) in [7, 11) is -4.26. The van der Waals surface area contributed by atoms with Gasteiger partial charge in [0.05, 0.1) is 6.42 Å². The Morgan fingerprint density at radius 2 is 1.47 bits per heavy atom. The third-order valence-corrected chi connectivity index (χ3v) is 8.18. The van der Waals surface area contributed by atoms with Crippen LogP contribution in [-0.2, 0) is 27.5 Å². The number of amides is 1. The van der Waals surface area contributed by atoms with Gasteiger partial charge in [0.1, 0.15) is 10.6 Å². The number of carbonyl (C=O) groups is 4. The van der Waals surface area contributed by atoms with E-state index in [0.717, 1.165) is 61.1 Å². The molecule has 0 radical (unpaired) electrons. The van der Waals surface area contributed by atoms with Crippen molar-refractivity contribution in [3.05, 3.63) is 100 Å². The Hall–Kier alpha value is -4.78. The Balaban J connectivity index is 1.73. The Morgan fingerprint density at radius 3 is 2.09 bits per heavy atom. The molecule has 1 aliphatic rings. The maximum Gasteiger partial charge on any atom is 0.573 e. The number of aliphatic carboxylic acids is 1. The second-order valence-corrected chi connectivity index (χ2v) is 12.4. The summed E-state index contributed by atoms with van der Waals surface area (Å²) in [5, 5.41) is 11.2. The number of ketones is 2. The number of allylic oxidation sites excluding steroid dienone is 2. The molecule has 0 unspecified atom stereocenters.